The average Bonchev–Trinajstić information content (AvgIpc) is 2.87. The molecule has 2 rings (SSSR count). The Balaban J connectivity index is 2.04. The second kappa shape index (κ2) is 5.54. The molecule has 0 spiro atoms. The Bertz CT molecular complexity index is 357. The highest BCUT2D eigenvalue weighted by Gasteiger charge is 2.26. The minimum Gasteiger partial charge on any atom is -0.394 e. The van der Waals surface area contributed by atoms with Crippen LogP contribution in [0, 0.1) is 0 Å². The molecule has 2 atom stereocenters. The predicted octanol–water partition coefficient (Wildman–Crippen LogP) is -0.545. The van der Waals surface area contributed by atoms with E-state index >= 15 is 0 Å². The van der Waals surface area contributed by atoms with Gasteiger partial charge in [0.05, 0.1) is 13.2 Å². The van der Waals surface area contributed by atoms with Crippen LogP contribution in [0.25, 0.3) is 0 Å². The van der Waals surface area contributed by atoms with Gasteiger partial charge in [-0.05, 0) is 6.54 Å². The number of aliphatic hydroxyl groups excluding tert-OH is 1. The molecule has 1 aromatic heterocycles. The van der Waals surface area contributed by atoms with Crippen LogP contribution < -0.4 is 5.73 Å². The quantitative estimate of drug-likeness (QED) is 0.731. The van der Waals surface area contributed by atoms with Crippen LogP contribution in [0.2, 0.25) is 0 Å². The van der Waals surface area contributed by atoms with E-state index in [0.29, 0.717) is 12.4 Å². The molecule has 0 aromatic carbocycles. The molecule has 3 N–H and O–H groups in total. The topological polar surface area (TPSA) is 97.6 Å². The Labute approximate surface area is 99.5 Å². The van der Waals surface area contributed by atoms with Crippen molar-refractivity contribution in [1.82, 2.24) is 15.0 Å². The van der Waals surface area contributed by atoms with Crippen molar-refractivity contribution >= 4 is 0 Å². The first-order valence-electron chi connectivity index (χ1n) is 5.78. The minimum absolute atomic E-state index is 0.174. The van der Waals surface area contributed by atoms with Gasteiger partial charge in [0.1, 0.15) is 12.1 Å². The summed E-state index contributed by atoms with van der Waals surface area (Å²) in [5, 5.41) is 12.7. The fourth-order valence-electron chi connectivity index (χ4n) is 1.75. The van der Waals surface area contributed by atoms with Gasteiger partial charge in [0.2, 0.25) is 11.7 Å². The normalized spacial score (nSPS) is 23.8. The number of rotatable bonds is 4. The molecule has 0 radical (unpaired) electrons. The number of ether oxygens (including phenoxy) is 1. The van der Waals surface area contributed by atoms with Gasteiger partial charge in [-0.2, -0.15) is 4.98 Å². The second-order valence-corrected chi connectivity index (χ2v) is 4.03. The lowest BCUT2D eigenvalue weighted by atomic mass is 10.2. The zero-order chi connectivity index (χ0) is 12.3. The maximum atomic E-state index is 8.90. The first kappa shape index (κ1) is 12.4. The van der Waals surface area contributed by atoms with Crippen molar-refractivity contribution in [2.24, 2.45) is 5.73 Å². The number of aliphatic hydroxyl groups is 1. The lowest BCUT2D eigenvalue weighted by Crippen LogP contribution is -2.38. The van der Waals surface area contributed by atoms with Crippen molar-refractivity contribution in [2.75, 3.05) is 32.8 Å². The van der Waals surface area contributed by atoms with Crippen molar-refractivity contribution in [3.8, 4) is 0 Å². The van der Waals surface area contributed by atoms with E-state index < -0.39 is 6.04 Å². The smallest absolute Gasteiger partial charge is 0.246 e. The van der Waals surface area contributed by atoms with E-state index in [0.717, 1.165) is 19.6 Å². The summed E-state index contributed by atoms with van der Waals surface area (Å²) in [6.45, 7) is 5.20. The number of morpholine rings is 1. The largest absolute Gasteiger partial charge is 0.394 e. The van der Waals surface area contributed by atoms with Gasteiger partial charge in [0.25, 0.3) is 0 Å². The van der Waals surface area contributed by atoms with E-state index in [-0.39, 0.29) is 18.6 Å². The number of nitrogens with zero attached hydrogens (tertiary/aromatic N) is 3. The standard InChI is InChI=1S/C10H18N4O3/c1-2-14-3-4-16-8(5-14)9-12-10(17-13-9)7(11)6-15/h7-8,15H,2-6,11H2,1H3. The summed E-state index contributed by atoms with van der Waals surface area (Å²) in [4.78, 5) is 6.42. The number of nitrogens with two attached hydrogens (primary N) is 1. The third kappa shape index (κ3) is 2.81. The summed E-state index contributed by atoms with van der Waals surface area (Å²) in [5.74, 6) is 0.752. The van der Waals surface area contributed by atoms with Gasteiger partial charge in [-0.3, -0.25) is 4.90 Å². The number of aromatic nitrogens is 2. The van der Waals surface area contributed by atoms with Crippen molar-refractivity contribution < 1.29 is 14.4 Å². The molecule has 0 aliphatic carbocycles. The highest BCUT2D eigenvalue weighted by atomic mass is 16.5. The monoisotopic (exact) mass is 242 g/mol. The maximum Gasteiger partial charge on any atom is 0.246 e. The lowest BCUT2D eigenvalue weighted by molar-refractivity contribution is -0.0334. The predicted molar refractivity (Wildman–Crippen MR) is 59.1 cm³/mol. The SMILES string of the molecule is CCN1CCOC(c2noc(C(N)CO)n2)C1. The van der Waals surface area contributed by atoms with Crippen LogP contribution in [-0.4, -0.2) is 53.0 Å². The molecular formula is C10H18N4O3. The summed E-state index contributed by atoms with van der Waals surface area (Å²) < 4.78 is 10.6. The summed E-state index contributed by atoms with van der Waals surface area (Å²) in [7, 11) is 0. The van der Waals surface area contributed by atoms with Gasteiger partial charge in [-0.15, -0.1) is 0 Å². The van der Waals surface area contributed by atoms with Crippen LogP contribution in [0.4, 0.5) is 0 Å². The Morgan fingerprint density at radius 3 is 3.18 bits per heavy atom. The summed E-state index contributed by atoms with van der Waals surface area (Å²) in [5.41, 5.74) is 5.59. The Hall–Kier alpha value is -1.02. The zero-order valence-electron chi connectivity index (χ0n) is 9.87. The van der Waals surface area contributed by atoms with Gasteiger partial charge in [-0.1, -0.05) is 12.1 Å². The van der Waals surface area contributed by atoms with E-state index in [4.69, 9.17) is 20.1 Å². The van der Waals surface area contributed by atoms with Crippen LogP contribution in [-0.2, 0) is 4.74 Å². The average molecular weight is 242 g/mol. The zero-order valence-corrected chi connectivity index (χ0v) is 9.87. The molecule has 0 bridgehead atoms. The van der Waals surface area contributed by atoms with E-state index in [2.05, 4.69) is 22.0 Å². The van der Waals surface area contributed by atoms with Gasteiger partial charge in [0.15, 0.2) is 0 Å². The molecular weight excluding hydrogens is 224 g/mol. The molecule has 0 amide bonds. The molecule has 96 valence electrons. The third-order valence-corrected chi connectivity index (χ3v) is 2.86. The van der Waals surface area contributed by atoms with Crippen LogP contribution >= 0.6 is 0 Å². The fourth-order valence-corrected chi connectivity index (χ4v) is 1.75. The van der Waals surface area contributed by atoms with Crippen molar-refractivity contribution in [3.05, 3.63) is 11.7 Å². The molecule has 1 fully saturated rings. The van der Waals surface area contributed by atoms with E-state index in [1.165, 1.54) is 0 Å². The highest BCUT2D eigenvalue weighted by molar-refractivity contribution is 4.96. The molecule has 17 heavy (non-hydrogen) atoms. The Morgan fingerprint density at radius 1 is 1.65 bits per heavy atom. The molecule has 1 aromatic rings. The summed E-state index contributed by atoms with van der Waals surface area (Å²) in [6, 6.07) is -0.623. The first-order chi connectivity index (χ1) is 8.24. The summed E-state index contributed by atoms with van der Waals surface area (Å²) in [6.07, 6.45) is -0.174. The van der Waals surface area contributed by atoms with Crippen LogP contribution in [0.5, 0.6) is 0 Å². The molecule has 7 nitrogen and oxygen atoms in total. The molecule has 2 unspecified atom stereocenters. The Kier molecular flexibility index (Phi) is 4.06. The van der Waals surface area contributed by atoms with E-state index in [1.807, 2.05) is 0 Å². The van der Waals surface area contributed by atoms with Crippen molar-refractivity contribution in [2.45, 2.75) is 19.1 Å². The summed E-state index contributed by atoms with van der Waals surface area (Å²) >= 11 is 0. The van der Waals surface area contributed by atoms with Gasteiger partial charge >= 0.3 is 0 Å². The van der Waals surface area contributed by atoms with Crippen LogP contribution in [0.15, 0.2) is 4.52 Å². The van der Waals surface area contributed by atoms with Gasteiger partial charge in [0, 0.05) is 13.1 Å². The van der Waals surface area contributed by atoms with E-state index in [1.54, 1.807) is 0 Å². The molecule has 0 saturated carbocycles. The minimum atomic E-state index is -0.623. The fraction of sp³-hybridized carbons (Fsp3) is 0.800. The van der Waals surface area contributed by atoms with Gasteiger partial charge < -0.3 is 20.1 Å². The van der Waals surface area contributed by atoms with Crippen molar-refractivity contribution in [3.63, 3.8) is 0 Å². The highest BCUT2D eigenvalue weighted by Crippen LogP contribution is 2.20. The molecule has 2 heterocycles. The molecule has 1 aliphatic rings. The number of hydrogen-bond donors (Lipinski definition) is 2. The maximum absolute atomic E-state index is 8.90. The van der Waals surface area contributed by atoms with Crippen LogP contribution in [0.3, 0.4) is 0 Å². The van der Waals surface area contributed by atoms with Crippen LogP contribution in [0.1, 0.15) is 30.8 Å². The molecule has 7 heteroatoms. The number of hydrogen-bond acceptors (Lipinski definition) is 7. The lowest BCUT2D eigenvalue weighted by Gasteiger charge is -2.30. The number of likely N-dealkylation sites (N-methyl/N-ethyl adjacent to an activating group) is 1. The molecule has 1 aliphatic heterocycles. The first-order valence-corrected chi connectivity index (χ1v) is 5.78. The van der Waals surface area contributed by atoms with Gasteiger partial charge in [-0.25, -0.2) is 0 Å². The van der Waals surface area contributed by atoms with Crippen molar-refractivity contribution in [1.29, 1.82) is 0 Å². The third-order valence-electron chi connectivity index (χ3n) is 2.86. The second-order valence-electron chi connectivity index (χ2n) is 4.03. The molecule has 1 saturated heterocycles. The van der Waals surface area contributed by atoms with E-state index in [9.17, 15) is 0 Å². The Morgan fingerprint density at radius 2 is 2.47 bits per heavy atom.